The molecule has 5 heteroatoms. The molecule has 3 aromatic heterocycles. The molecule has 0 radical (unpaired) electrons. The summed E-state index contributed by atoms with van der Waals surface area (Å²) in [4.78, 5) is 9.85. The van der Waals surface area contributed by atoms with Crippen LogP contribution in [-0.2, 0) is 0 Å². The molecule has 0 amide bonds. The third kappa shape index (κ3) is 2.50. The minimum Gasteiger partial charge on any atom is -0.365 e. The van der Waals surface area contributed by atoms with Crippen LogP contribution in [0.2, 0.25) is 0 Å². The Morgan fingerprint density at radius 1 is 1.38 bits per heavy atom. The number of imidazole rings is 1. The van der Waals surface area contributed by atoms with Gasteiger partial charge in [-0.3, -0.25) is 9.38 Å². The molecule has 0 aromatic carbocycles. The highest BCUT2D eigenvalue weighted by Crippen LogP contribution is 2.35. The fourth-order valence-corrected chi connectivity index (χ4v) is 2.99. The third-order valence-corrected chi connectivity index (χ3v) is 3.88. The number of aromatic nitrogens is 3. The predicted molar refractivity (Wildman–Crippen MR) is 87.6 cm³/mol. The Hall–Kier alpha value is -2.32. The number of terminal acetylenes is 1. The average molecular weight is 296 g/mol. The van der Waals surface area contributed by atoms with Crippen molar-refractivity contribution in [1.82, 2.24) is 14.4 Å². The van der Waals surface area contributed by atoms with Crippen molar-refractivity contribution in [2.24, 2.45) is 0 Å². The van der Waals surface area contributed by atoms with Gasteiger partial charge < -0.3 is 5.32 Å². The molecule has 4 nitrogen and oxygen atoms in total. The van der Waals surface area contributed by atoms with Gasteiger partial charge in [-0.2, -0.15) is 0 Å². The first-order valence-corrected chi connectivity index (χ1v) is 7.52. The van der Waals surface area contributed by atoms with Gasteiger partial charge in [-0.1, -0.05) is 5.92 Å². The third-order valence-electron chi connectivity index (χ3n) is 2.96. The second kappa shape index (κ2) is 4.90. The van der Waals surface area contributed by atoms with Crippen LogP contribution in [0.25, 0.3) is 16.2 Å². The Labute approximate surface area is 127 Å². The highest BCUT2D eigenvalue weighted by atomic mass is 32.1. The Kier molecular flexibility index (Phi) is 3.19. The molecule has 3 aromatic rings. The maximum absolute atomic E-state index is 5.59. The van der Waals surface area contributed by atoms with Crippen LogP contribution < -0.4 is 5.32 Å². The zero-order chi connectivity index (χ0) is 15.0. The van der Waals surface area contributed by atoms with Crippen LogP contribution in [0.4, 0.5) is 5.82 Å². The van der Waals surface area contributed by atoms with Crippen molar-refractivity contribution in [3.05, 3.63) is 35.6 Å². The van der Waals surface area contributed by atoms with Gasteiger partial charge in [0.25, 0.3) is 0 Å². The fraction of sp³-hybridized carbons (Fsp3) is 0.250. The first kappa shape index (κ1) is 13.7. The van der Waals surface area contributed by atoms with Crippen molar-refractivity contribution in [2.75, 3.05) is 5.32 Å². The minimum absolute atomic E-state index is 0.0818. The standard InChI is InChI=1S/C16H16N4S/c1-5-11-6-9-21-14(11)13-15(19-16(2,3)4)20-8-7-17-10-12(20)18-13/h1,6-10,19H,2-4H3. The monoisotopic (exact) mass is 296 g/mol. The zero-order valence-corrected chi connectivity index (χ0v) is 13.0. The number of hydrogen-bond donors (Lipinski definition) is 1. The van der Waals surface area contributed by atoms with E-state index in [4.69, 9.17) is 11.4 Å². The number of hydrogen-bond acceptors (Lipinski definition) is 4. The molecule has 0 atom stereocenters. The number of nitrogens with zero attached hydrogens (tertiary/aromatic N) is 3. The molecular formula is C16H16N4S. The number of fused-ring (bicyclic) bond motifs is 1. The smallest absolute Gasteiger partial charge is 0.157 e. The lowest BCUT2D eigenvalue weighted by Gasteiger charge is -2.22. The summed E-state index contributed by atoms with van der Waals surface area (Å²) >= 11 is 1.60. The molecule has 0 aliphatic heterocycles. The van der Waals surface area contributed by atoms with Crippen LogP contribution in [0, 0.1) is 12.3 Å². The maximum Gasteiger partial charge on any atom is 0.157 e. The number of rotatable bonds is 2. The Bertz CT molecular complexity index is 830. The van der Waals surface area contributed by atoms with Gasteiger partial charge in [0.1, 0.15) is 11.5 Å². The Balaban J connectivity index is 2.27. The number of nitrogens with one attached hydrogen (secondary N) is 1. The lowest BCUT2D eigenvalue weighted by atomic mass is 10.1. The van der Waals surface area contributed by atoms with Crippen molar-refractivity contribution < 1.29 is 0 Å². The topological polar surface area (TPSA) is 42.2 Å². The molecule has 0 aliphatic carbocycles. The summed E-state index contributed by atoms with van der Waals surface area (Å²) in [5.74, 6) is 3.67. The van der Waals surface area contributed by atoms with Crippen LogP contribution in [0.15, 0.2) is 30.0 Å². The predicted octanol–water partition coefficient (Wildman–Crippen LogP) is 3.65. The lowest BCUT2D eigenvalue weighted by Crippen LogP contribution is -2.27. The molecule has 1 N–H and O–H groups in total. The van der Waals surface area contributed by atoms with Crippen molar-refractivity contribution in [2.45, 2.75) is 26.3 Å². The van der Waals surface area contributed by atoms with E-state index in [-0.39, 0.29) is 5.54 Å². The zero-order valence-electron chi connectivity index (χ0n) is 12.2. The first-order chi connectivity index (χ1) is 9.99. The second-order valence-corrected chi connectivity index (χ2v) is 6.71. The van der Waals surface area contributed by atoms with E-state index in [1.165, 1.54) is 0 Å². The SMILES string of the molecule is C#Cc1ccsc1-c1nc2cnccn2c1NC(C)(C)C. The molecule has 0 saturated heterocycles. The number of thiophene rings is 1. The van der Waals surface area contributed by atoms with Gasteiger partial charge in [-0.25, -0.2) is 4.98 Å². The van der Waals surface area contributed by atoms with E-state index in [1.807, 2.05) is 22.0 Å². The second-order valence-electron chi connectivity index (χ2n) is 5.80. The fourth-order valence-electron chi connectivity index (χ4n) is 2.15. The molecule has 0 fully saturated rings. The van der Waals surface area contributed by atoms with Crippen LogP contribution in [-0.4, -0.2) is 19.9 Å². The normalized spacial score (nSPS) is 11.5. The highest BCUT2D eigenvalue weighted by molar-refractivity contribution is 7.13. The van der Waals surface area contributed by atoms with Gasteiger partial charge in [-0.15, -0.1) is 17.8 Å². The number of anilines is 1. The maximum atomic E-state index is 5.59. The summed E-state index contributed by atoms with van der Waals surface area (Å²) in [5.41, 5.74) is 2.46. The Morgan fingerprint density at radius 2 is 2.19 bits per heavy atom. The molecule has 0 saturated carbocycles. The summed E-state index contributed by atoms with van der Waals surface area (Å²) in [5, 5.41) is 5.52. The summed E-state index contributed by atoms with van der Waals surface area (Å²) < 4.78 is 2.01. The van der Waals surface area contributed by atoms with Crippen molar-refractivity contribution in [3.63, 3.8) is 0 Å². The minimum atomic E-state index is -0.0818. The van der Waals surface area contributed by atoms with Gasteiger partial charge in [0.05, 0.1) is 11.1 Å². The molecule has 21 heavy (non-hydrogen) atoms. The van der Waals surface area contributed by atoms with E-state index in [1.54, 1.807) is 23.7 Å². The van der Waals surface area contributed by atoms with E-state index >= 15 is 0 Å². The summed E-state index contributed by atoms with van der Waals surface area (Å²) in [6.45, 7) is 6.36. The van der Waals surface area contributed by atoms with Crippen LogP contribution in [0.3, 0.4) is 0 Å². The molecule has 0 aliphatic rings. The van der Waals surface area contributed by atoms with Gasteiger partial charge >= 0.3 is 0 Å². The van der Waals surface area contributed by atoms with Crippen LogP contribution >= 0.6 is 11.3 Å². The van der Waals surface area contributed by atoms with E-state index in [9.17, 15) is 0 Å². The molecular weight excluding hydrogens is 280 g/mol. The van der Waals surface area contributed by atoms with Gasteiger partial charge in [0.2, 0.25) is 0 Å². The van der Waals surface area contributed by atoms with Crippen molar-refractivity contribution >= 4 is 22.8 Å². The molecule has 0 bridgehead atoms. The average Bonchev–Trinajstić information content (AvgIpc) is 3.01. The van der Waals surface area contributed by atoms with Crippen molar-refractivity contribution in [3.8, 4) is 22.9 Å². The van der Waals surface area contributed by atoms with Crippen LogP contribution in [0.1, 0.15) is 26.3 Å². The quantitative estimate of drug-likeness (QED) is 0.734. The van der Waals surface area contributed by atoms with Gasteiger partial charge in [0, 0.05) is 23.5 Å². The summed E-state index contributed by atoms with van der Waals surface area (Å²) in [6, 6.07) is 1.95. The van der Waals surface area contributed by atoms with Crippen molar-refractivity contribution in [1.29, 1.82) is 0 Å². The van der Waals surface area contributed by atoms with E-state index in [0.29, 0.717) is 0 Å². The first-order valence-electron chi connectivity index (χ1n) is 6.64. The molecule has 3 heterocycles. The molecule has 0 spiro atoms. The van der Waals surface area contributed by atoms with E-state index in [0.717, 1.165) is 27.6 Å². The van der Waals surface area contributed by atoms with Crippen LogP contribution in [0.5, 0.6) is 0 Å². The summed E-state index contributed by atoms with van der Waals surface area (Å²) in [6.07, 6.45) is 11.0. The highest BCUT2D eigenvalue weighted by Gasteiger charge is 2.21. The van der Waals surface area contributed by atoms with Gasteiger partial charge in [-0.05, 0) is 32.2 Å². The lowest BCUT2D eigenvalue weighted by molar-refractivity contribution is 0.629. The van der Waals surface area contributed by atoms with E-state index < -0.39 is 0 Å². The van der Waals surface area contributed by atoms with E-state index in [2.05, 4.69) is 37.0 Å². The molecule has 3 rings (SSSR count). The van der Waals surface area contributed by atoms with Gasteiger partial charge in [0.15, 0.2) is 5.65 Å². The Morgan fingerprint density at radius 3 is 2.90 bits per heavy atom. The summed E-state index contributed by atoms with van der Waals surface area (Å²) in [7, 11) is 0. The molecule has 106 valence electrons. The largest absolute Gasteiger partial charge is 0.365 e. The molecule has 0 unspecified atom stereocenters.